The second-order valence-electron chi connectivity index (χ2n) is 6.82. The highest BCUT2D eigenvalue weighted by Crippen LogP contribution is 2.12. The van der Waals surface area contributed by atoms with Crippen molar-refractivity contribution in [3.8, 4) is 5.75 Å². The van der Waals surface area contributed by atoms with E-state index in [0.29, 0.717) is 32.1 Å². The van der Waals surface area contributed by atoms with Crippen LogP contribution in [0.15, 0.2) is 24.3 Å². The molecule has 2 rings (SSSR count). The Balaban J connectivity index is 1.92. The van der Waals surface area contributed by atoms with Crippen molar-refractivity contribution in [3.63, 3.8) is 0 Å². The minimum absolute atomic E-state index is 0.0555. The molecular weight excluding hydrogens is 348 g/mol. The predicted molar refractivity (Wildman–Crippen MR) is 102 cm³/mol. The number of nitrogens with zero attached hydrogens (tertiary/aromatic N) is 2. The SMILES string of the molecule is COC(=O)C(C)CN(CCN1CCOCC1)C(=O)COc1ccc(C)cc1. The van der Waals surface area contributed by atoms with Gasteiger partial charge >= 0.3 is 5.97 Å². The van der Waals surface area contributed by atoms with Crippen molar-refractivity contribution in [3.05, 3.63) is 29.8 Å². The lowest BCUT2D eigenvalue weighted by Gasteiger charge is -2.31. The van der Waals surface area contributed by atoms with E-state index >= 15 is 0 Å². The first-order valence-electron chi connectivity index (χ1n) is 9.34. The molecule has 1 fully saturated rings. The topological polar surface area (TPSA) is 68.3 Å². The summed E-state index contributed by atoms with van der Waals surface area (Å²) >= 11 is 0. The number of carbonyl (C=O) groups is 2. The third-order valence-electron chi connectivity index (χ3n) is 4.62. The van der Waals surface area contributed by atoms with Gasteiger partial charge < -0.3 is 19.1 Å². The molecule has 0 N–H and O–H groups in total. The van der Waals surface area contributed by atoms with Crippen LogP contribution in [0.2, 0.25) is 0 Å². The van der Waals surface area contributed by atoms with E-state index in [-0.39, 0.29) is 24.4 Å². The number of aryl methyl sites for hydroxylation is 1. The van der Waals surface area contributed by atoms with Crippen molar-refractivity contribution >= 4 is 11.9 Å². The van der Waals surface area contributed by atoms with Gasteiger partial charge in [-0.1, -0.05) is 24.6 Å². The van der Waals surface area contributed by atoms with Crippen molar-refractivity contribution in [2.24, 2.45) is 5.92 Å². The molecule has 1 saturated heterocycles. The molecule has 1 aliphatic rings. The smallest absolute Gasteiger partial charge is 0.310 e. The molecule has 7 heteroatoms. The van der Waals surface area contributed by atoms with Crippen molar-refractivity contribution in [1.29, 1.82) is 0 Å². The first-order valence-corrected chi connectivity index (χ1v) is 9.34. The number of morpholine rings is 1. The number of methoxy groups -OCH3 is 1. The zero-order valence-electron chi connectivity index (χ0n) is 16.5. The Morgan fingerprint density at radius 2 is 1.89 bits per heavy atom. The van der Waals surface area contributed by atoms with Crippen LogP contribution < -0.4 is 4.74 Å². The monoisotopic (exact) mass is 378 g/mol. The Morgan fingerprint density at radius 1 is 1.22 bits per heavy atom. The van der Waals surface area contributed by atoms with Crippen LogP contribution in [-0.4, -0.2) is 81.3 Å². The van der Waals surface area contributed by atoms with Crippen molar-refractivity contribution < 1.29 is 23.8 Å². The lowest BCUT2D eigenvalue weighted by Crippen LogP contribution is -2.46. The highest BCUT2D eigenvalue weighted by Gasteiger charge is 2.23. The Morgan fingerprint density at radius 3 is 2.52 bits per heavy atom. The molecule has 1 atom stereocenters. The van der Waals surface area contributed by atoms with Gasteiger partial charge in [0.15, 0.2) is 6.61 Å². The zero-order valence-corrected chi connectivity index (χ0v) is 16.5. The summed E-state index contributed by atoms with van der Waals surface area (Å²) in [5, 5.41) is 0. The van der Waals surface area contributed by atoms with Crippen molar-refractivity contribution in [2.45, 2.75) is 13.8 Å². The molecule has 0 spiro atoms. The molecule has 27 heavy (non-hydrogen) atoms. The second-order valence-corrected chi connectivity index (χ2v) is 6.82. The molecule has 0 radical (unpaired) electrons. The fourth-order valence-corrected chi connectivity index (χ4v) is 2.88. The summed E-state index contributed by atoms with van der Waals surface area (Å²) in [7, 11) is 1.36. The van der Waals surface area contributed by atoms with Crippen LogP contribution in [0, 0.1) is 12.8 Å². The van der Waals surface area contributed by atoms with Gasteiger partial charge in [-0.3, -0.25) is 14.5 Å². The quantitative estimate of drug-likeness (QED) is 0.604. The van der Waals surface area contributed by atoms with Gasteiger partial charge in [-0.25, -0.2) is 0 Å². The number of ether oxygens (including phenoxy) is 3. The van der Waals surface area contributed by atoms with Crippen LogP contribution in [0.4, 0.5) is 0 Å². The van der Waals surface area contributed by atoms with Gasteiger partial charge in [0, 0.05) is 32.7 Å². The Kier molecular flexibility index (Phi) is 8.54. The van der Waals surface area contributed by atoms with E-state index < -0.39 is 0 Å². The summed E-state index contributed by atoms with van der Waals surface area (Å²) in [5.41, 5.74) is 1.13. The van der Waals surface area contributed by atoms with E-state index in [9.17, 15) is 9.59 Å². The first kappa shape index (κ1) is 21.2. The zero-order chi connectivity index (χ0) is 19.6. The van der Waals surface area contributed by atoms with E-state index in [1.54, 1.807) is 11.8 Å². The van der Waals surface area contributed by atoms with Gasteiger partial charge in [-0.05, 0) is 19.1 Å². The molecule has 0 bridgehead atoms. The lowest BCUT2D eigenvalue weighted by atomic mass is 10.1. The van der Waals surface area contributed by atoms with Crippen molar-refractivity contribution in [1.82, 2.24) is 9.80 Å². The lowest BCUT2D eigenvalue weighted by molar-refractivity contribution is -0.146. The summed E-state index contributed by atoms with van der Waals surface area (Å²) in [6.07, 6.45) is 0. The molecule has 1 aromatic rings. The van der Waals surface area contributed by atoms with E-state index in [1.807, 2.05) is 31.2 Å². The largest absolute Gasteiger partial charge is 0.484 e. The van der Waals surface area contributed by atoms with Crippen LogP contribution >= 0.6 is 0 Å². The number of carbonyl (C=O) groups excluding carboxylic acids is 2. The van der Waals surface area contributed by atoms with E-state index in [2.05, 4.69) is 4.90 Å². The average Bonchev–Trinajstić information content (AvgIpc) is 2.70. The number of benzene rings is 1. The minimum Gasteiger partial charge on any atom is -0.484 e. The van der Waals surface area contributed by atoms with Crippen LogP contribution in [0.5, 0.6) is 5.75 Å². The second kappa shape index (κ2) is 10.9. The summed E-state index contributed by atoms with van der Waals surface area (Å²) in [6.45, 7) is 8.44. The Hall–Kier alpha value is -2.12. The number of amides is 1. The molecule has 150 valence electrons. The number of hydrogen-bond acceptors (Lipinski definition) is 6. The van der Waals surface area contributed by atoms with Gasteiger partial charge in [-0.2, -0.15) is 0 Å². The molecule has 0 aliphatic carbocycles. The fourth-order valence-electron chi connectivity index (χ4n) is 2.88. The summed E-state index contributed by atoms with van der Waals surface area (Å²) in [5.74, 6) is -0.190. The Labute approximate surface area is 161 Å². The molecule has 1 heterocycles. The van der Waals surface area contributed by atoms with Gasteiger partial charge in [0.2, 0.25) is 0 Å². The fraction of sp³-hybridized carbons (Fsp3) is 0.600. The highest BCUT2D eigenvalue weighted by molar-refractivity contribution is 5.79. The van der Waals surface area contributed by atoms with Crippen LogP contribution in [0.25, 0.3) is 0 Å². The molecule has 1 aliphatic heterocycles. The molecule has 1 amide bonds. The van der Waals surface area contributed by atoms with Gasteiger partial charge in [0.25, 0.3) is 5.91 Å². The normalized spacial score (nSPS) is 15.8. The predicted octanol–water partition coefficient (Wildman–Crippen LogP) is 1.34. The van der Waals surface area contributed by atoms with E-state index in [1.165, 1.54) is 7.11 Å². The maximum Gasteiger partial charge on any atom is 0.310 e. The number of esters is 1. The number of hydrogen-bond donors (Lipinski definition) is 0. The van der Waals surface area contributed by atoms with Crippen molar-refractivity contribution in [2.75, 3.05) is 59.7 Å². The van der Waals surface area contributed by atoms with E-state index in [4.69, 9.17) is 14.2 Å². The maximum absolute atomic E-state index is 12.7. The van der Waals surface area contributed by atoms with Crippen LogP contribution in [-0.2, 0) is 19.1 Å². The molecule has 1 unspecified atom stereocenters. The van der Waals surface area contributed by atoms with E-state index in [0.717, 1.165) is 25.2 Å². The van der Waals surface area contributed by atoms with Crippen LogP contribution in [0.3, 0.4) is 0 Å². The summed E-state index contributed by atoms with van der Waals surface area (Å²) in [4.78, 5) is 28.4. The average molecular weight is 378 g/mol. The van der Waals surface area contributed by atoms with Gasteiger partial charge in [-0.15, -0.1) is 0 Å². The third-order valence-corrected chi connectivity index (χ3v) is 4.62. The standard InChI is InChI=1S/C20H30N2O5/c1-16-4-6-18(7-5-16)27-15-19(23)22(14-17(2)20(24)25-3)9-8-21-10-12-26-13-11-21/h4-7,17H,8-15H2,1-3H3. The Bertz CT molecular complexity index is 599. The summed E-state index contributed by atoms with van der Waals surface area (Å²) in [6, 6.07) is 7.57. The third kappa shape index (κ3) is 7.19. The first-order chi connectivity index (χ1) is 13.0. The van der Waals surface area contributed by atoms with Gasteiger partial charge in [0.1, 0.15) is 5.75 Å². The number of rotatable bonds is 9. The van der Waals surface area contributed by atoms with Gasteiger partial charge in [0.05, 0.1) is 26.2 Å². The van der Waals surface area contributed by atoms with Crippen LogP contribution in [0.1, 0.15) is 12.5 Å². The minimum atomic E-state index is -0.386. The molecule has 1 aromatic carbocycles. The molecule has 0 saturated carbocycles. The summed E-state index contributed by atoms with van der Waals surface area (Å²) < 4.78 is 15.8. The molecule has 7 nitrogen and oxygen atoms in total. The maximum atomic E-state index is 12.7. The highest BCUT2D eigenvalue weighted by atomic mass is 16.5. The molecular formula is C20H30N2O5. The molecule has 0 aromatic heterocycles.